The van der Waals surface area contributed by atoms with Gasteiger partial charge in [0.25, 0.3) is 5.91 Å². The molecule has 0 bridgehead atoms. The molecule has 2 N–H and O–H groups in total. The topological polar surface area (TPSA) is 97.1 Å². The number of carboxylic acids is 1. The number of aliphatic carboxylic acids is 1. The van der Waals surface area contributed by atoms with Crippen LogP contribution in [0, 0.1) is 6.92 Å². The molecule has 1 aromatic heterocycles. The number of amides is 1. The fraction of sp³-hybridized carbons (Fsp3) is 0.231. The first-order chi connectivity index (χ1) is 9.54. The molecule has 20 heavy (non-hydrogen) atoms. The zero-order valence-electron chi connectivity index (χ0n) is 10.9. The first-order valence-electron chi connectivity index (χ1n) is 6.00. The van der Waals surface area contributed by atoms with E-state index < -0.39 is 5.97 Å². The number of rotatable bonds is 5. The molecule has 0 fully saturated rings. The summed E-state index contributed by atoms with van der Waals surface area (Å²) in [5.74, 6) is -1.43. The van der Waals surface area contributed by atoms with Crippen LogP contribution in [0.3, 0.4) is 0 Å². The summed E-state index contributed by atoms with van der Waals surface area (Å²) in [6.07, 6.45) is 1.31. The van der Waals surface area contributed by atoms with Crippen molar-refractivity contribution in [3.63, 3.8) is 0 Å². The van der Waals surface area contributed by atoms with Gasteiger partial charge in [-0.15, -0.1) is 5.10 Å². The van der Waals surface area contributed by atoms with E-state index in [0.717, 1.165) is 15.8 Å². The summed E-state index contributed by atoms with van der Waals surface area (Å²) in [7, 11) is 0. The highest BCUT2D eigenvalue weighted by atomic mass is 16.4. The second-order valence-electron chi connectivity index (χ2n) is 4.37. The van der Waals surface area contributed by atoms with Crippen molar-refractivity contribution in [2.45, 2.75) is 20.0 Å². The van der Waals surface area contributed by atoms with E-state index in [1.54, 1.807) is 0 Å². The van der Waals surface area contributed by atoms with Crippen LogP contribution in [-0.4, -0.2) is 32.0 Å². The Kier molecular flexibility index (Phi) is 4.09. The van der Waals surface area contributed by atoms with Gasteiger partial charge in [-0.1, -0.05) is 35.0 Å². The van der Waals surface area contributed by atoms with Crippen LogP contribution in [0.5, 0.6) is 0 Å². The molecule has 0 unspecified atom stereocenters. The van der Waals surface area contributed by atoms with E-state index in [9.17, 15) is 9.59 Å². The normalized spacial score (nSPS) is 10.2. The van der Waals surface area contributed by atoms with Gasteiger partial charge in [0.15, 0.2) is 5.69 Å². The zero-order valence-corrected chi connectivity index (χ0v) is 10.9. The molecule has 2 aromatic rings. The van der Waals surface area contributed by atoms with Crippen molar-refractivity contribution in [3.05, 3.63) is 47.3 Å². The second kappa shape index (κ2) is 5.96. The minimum atomic E-state index is -1.04. The summed E-state index contributed by atoms with van der Waals surface area (Å²) in [5, 5.41) is 18.5. The van der Waals surface area contributed by atoms with Crippen molar-refractivity contribution in [3.8, 4) is 0 Å². The fourth-order valence-electron chi connectivity index (χ4n) is 1.71. The lowest BCUT2D eigenvalue weighted by Gasteiger charge is -2.03. The number of aryl methyl sites for hydroxylation is 1. The largest absolute Gasteiger partial charge is 0.480 e. The third-order valence-electron chi connectivity index (χ3n) is 2.60. The van der Waals surface area contributed by atoms with Crippen molar-refractivity contribution in [1.82, 2.24) is 20.3 Å². The molecular weight excluding hydrogens is 260 g/mol. The second-order valence-corrected chi connectivity index (χ2v) is 4.37. The molecule has 0 atom stereocenters. The van der Waals surface area contributed by atoms with Crippen molar-refractivity contribution in [2.24, 2.45) is 0 Å². The Balaban J connectivity index is 1.95. The maximum atomic E-state index is 11.8. The first-order valence-corrected chi connectivity index (χ1v) is 6.00. The molecule has 1 amide bonds. The van der Waals surface area contributed by atoms with E-state index in [4.69, 9.17) is 5.11 Å². The van der Waals surface area contributed by atoms with Gasteiger partial charge in [0.05, 0.1) is 6.20 Å². The minimum Gasteiger partial charge on any atom is -0.480 e. The maximum Gasteiger partial charge on any atom is 0.325 e. The monoisotopic (exact) mass is 274 g/mol. The number of nitrogens with one attached hydrogen (secondary N) is 1. The van der Waals surface area contributed by atoms with Gasteiger partial charge in [-0.3, -0.25) is 9.59 Å². The molecule has 1 aromatic carbocycles. The summed E-state index contributed by atoms with van der Waals surface area (Å²) >= 11 is 0. The smallest absolute Gasteiger partial charge is 0.325 e. The number of hydrogen-bond donors (Lipinski definition) is 2. The lowest BCUT2D eigenvalue weighted by Crippen LogP contribution is -2.23. The van der Waals surface area contributed by atoms with E-state index in [2.05, 4.69) is 15.6 Å². The van der Waals surface area contributed by atoms with Gasteiger partial charge in [0.2, 0.25) is 0 Å². The molecule has 0 radical (unpaired) electrons. The third kappa shape index (κ3) is 3.64. The molecule has 0 aliphatic rings. The zero-order chi connectivity index (χ0) is 14.5. The third-order valence-corrected chi connectivity index (χ3v) is 2.60. The van der Waals surface area contributed by atoms with Gasteiger partial charge in [-0.25, -0.2) is 4.68 Å². The predicted molar refractivity (Wildman–Crippen MR) is 70.0 cm³/mol. The van der Waals surface area contributed by atoms with Gasteiger partial charge < -0.3 is 10.4 Å². The van der Waals surface area contributed by atoms with Crippen LogP contribution in [0.25, 0.3) is 0 Å². The quantitative estimate of drug-likeness (QED) is 0.832. The Bertz CT molecular complexity index is 636. The standard InChI is InChI=1S/C13H14N4O3/c1-9-3-2-4-10(5-9)6-14-13(20)11-7-17(16-15-11)8-12(18)19/h2-5,7H,6,8H2,1H3,(H,14,20)(H,18,19). The molecule has 0 saturated carbocycles. The van der Waals surface area contributed by atoms with Crippen LogP contribution in [0.15, 0.2) is 30.5 Å². The molecule has 7 nitrogen and oxygen atoms in total. The Morgan fingerprint density at radius 1 is 1.40 bits per heavy atom. The summed E-state index contributed by atoms with van der Waals surface area (Å²) in [6, 6.07) is 7.78. The predicted octanol–water partition coefficient (Wildman–Crippen LogP) is 0.601. The molecule has 0 saturated heterocycles. The van der Waals surface area contributed by atoms with Crippen LogP contribution in [-0.2, 0) is 17.9 Å². The number of hydrogen-bond acceptors (Lipinski definition) is 4. The Morgan fingerprint density at radius 3 is 2.90 bits per heavy atom. The molecule has 2 rings (SSSR count). The number of nitrogens with zero attached hydrogens (tertiary/aromatic N) is 3. The molecular formula is C13H14N4O3. The molecule has 7 heteroatoms. The Hall–Kier alpha value is -2.70. The average molecular weight is 274 g/mol. The van der Waals surface area contributed by atoms with Gasteiger partial charge in [0.1, 0.15) is 6.54 Å². The maximum absolute atomic E-state index is 11.8. The van der Waals surface area contributed by atoms with Crippen LogP contribution < -0.4 is 5.32 Å². The van der Waals surface area contributed by atoms with E-state index in [1.165, 1.54) is 6.20 Å². The lowest BCUT2D eigenvalue weighted by molar-refractivity contribution is -0.137. The van der Waals surface area contributed by atoms with Crippen LogP contribution in [0.4, 0.5) is 0 Å². The van der Waals surface area contributed by atoms with Crippen LogP contribution in [0.1, 0.15) is 21.6 Å². The lowest BCUT2D eigenvalue weighted by atomic mass is 10.1. The summed E-state index contributed by atoms with van der Waals surface area (Å²) in [4.78, 5) is 22.3. The Morgan fingerprint density at radius 2 is 2.20 bits per heavy atom. The van der Waals surface area contributed by atoms with Gasteiger partial charge in [-0.2, -0.15) is 0 Å². The first kappa shape index (κ1) is 13.7. The molecule has 0 aliphatic carbocycles. The summed E-state index contributed by atoms with van der Waals surface area (Å²) < 4.78 is 1.10. The van der Waals surface area contributed by atoms with Gasteiger partial charge in [-0.05, 0) is 12.5 Å². The van der Waals surface area contributed by atoms with Crippen molar-refractivity contribution in [2.75, 3.05) is 0 Å². The van der Waals surface area contributed by atoms with Crippen molar-refractivity contribution < 1.29 is 14.7 Å². The highest BCUT2D eigenvalue weighted by Gasteiger charge is 2.11. The highest BCUT2D eigenvalue weighted by Crippen LogP contribution is 2.03. The van der Waals surface area contributed by atoms with Gasteiger partial charge >= 0.3 is 5.97 Å². The SMILES string of the molecule is Cc1cccc(CNC(=O)c2cn(CC(=O)O)nn2)c1. The van der Waals surface area contributed by atoms with E-state index in [-0.39, 0.29) is 18.1 Å². The Labute approximate surface area is 115 Å². The molecule has 104 valence electrons. The highest BCUT2D eigenvalue weighted by molar-refractivity contribution is 5.91. The van der Waals surface area contributed by atoms with Gasteiger partial charge in [0, 0.05) is 6.54 Å². The number of aromatic nitrogens is 3. The molecule has 1 heterocycles. The molecule has 0 aliphatic heterocycles. The van der Waals surface area contributed by atoms with E-state index in [0.29, 0.717) is 6.54 Å². The fourth-order valence-corrected chi connectivity index (χ4v) is 1.71. The van der Waals surface area contributed by atoms with E-state index >= 15 is 0 Å². The van der Waals surface area contributed by atoms with Crippen LogP contribution >= 0.6 is 0 Å². The summed E-state index contributed by atoms with van der Waals surface area (Å²) in [6.45, 7) is 2.03. The van der Waals surface area contributed by atoms with Crippen LogP contribution in [0.2, 0.25) is 0 Å². The number of carbonyl (C=O) groups is 2. The number of benzene rings is 1. The molecule has 0 spiro atoms. The minimum absolute atomic E-state index is 0.0962. The summed E-state index contributed by atoms with van der Waals surface area (Å²) in [5.41, 5.74) is 2.19. The van der Waals surface area contributed by atoms with E-state index in [1.807, 2.05) is 31.2 Å². The van der Waals surface area contributed by atoms with Crippen molar-refractivity contribution >= 4 is 11.9 Å². The number of carboxylic acid groups (broad SMARTS) is 1. The van der Waals surface area contributed by atoms with Crippen molar-refractivity contribution in [1.29, 1.82) is 0 Å². The average Bonchev–Trinajstić information content (AvgIpc) is 2.84. The number of carbonyl (C=O) groups excluding carboxylic acids is 1.